The molecular formula is C24H22N4OS. The monoisotopic (exact) mass is 414 g/mol. The summed E-state index contributed by atoms with van der Waals surface area (Å²) >= 11 is 1.59. The average molecular weight is 415 g/mol. The molecule has 2 heterocycles. The van der Waals surface area contributed by atoms with E-state index < -0.39 is 0 Å². The van der Waals surface area contributed by atoms with Gasteiger partial charge in [-0.1, -0.05) is 67.6 Å². The van der Waals surface area contributed by atoms with Gasteiger partial charge in [-0.05, 0) is 18.1 Å². The number of hydrazone groups is 1. The van der Waals surface area contributed by atoms with Crippen molar-refractivity contribution in [3.8, 4) is 11.3 Å². The topological polar surface area (TPSA) is 59.3 Å². The maximum Gasteiger partial charge on any atom is 0.272 e. The molecule has 0 fully saturated rings. The third-order valence-electron chi connectivity index (χ3n) is 4.66. The highest BCUT2D eigenvalue weighted by atomic mass is 32.1. The number of aryl methyl sites for hydroxylation is 1. The van der Waals surface area contributed by atoms with Gasteiger partial charge < -0.3 is 0 Å². The first-order valence-electron chi connectivity index (χ1n) is 9.80. The predicted octanol–water partition coefficient (Wildman–Crippen LogP) is 4.99. The summed E-state index contributed by atoms with van der Waals surface area (Å²) in [7, 11) is 0. The van der Waals surface area contributed by atoms with Crippen LogP contribution in [0, 0.1) is 0 Å². The van der Waals surface area contributed by atoms with Crippen LogP contribution in [0.15, 0.2) is 83.4 Å². The Balaban J connectivity index is 1.56. The molecule has 0 atom stereocenters. The van der Waals surface area contributed by atoms with Gasteiger partial charge in [-0.25, -0.2) is 5.43 Å². The maximum absolute atomic E-state index is 12.3. The molecule has 0 spiro atoms. The summed E-state index contributed by atoms with van der Waals surface area (Å²) in [4.78, 5) is 13.5. The minimum absolute atomic E-state index is 0.208. The second-order valence-corrected chi connectivity index (χ2v) is 7.83. The molecule has 1 N–H and O–H groups in total. The van der Waals surface area contributed by atoms with Crippen LogP contribution in [0.4, 0.5) is 0 Å². The zero-order valence-electron chi connectivity index (χ0n) is 16.7. The predicted molar refractivity (Wildman–Crippen MR) is 122 cm³/mol. The minimum Gasteiger partial charge on any atom is -0.267 e. The fourth-order valence-electron chi connectivity index (χ4n) is 3.11. The van der Waals surface area contributed by atoms with Gasteiger partial charge in [0.1, 0.15) is 5.69 Å². The van der Waals surface area contributed by atoms with Crippen LogP contribution in [0.2, 0.25) is 0 Å². The van der Waals surface area contributed by atoms with E-state index >= 15 is 0 Å². The fourth-order valence-corrected chi connectivity index (χ4v) is 3.93. The molecule has 5 nitrogen and oxygen atoms in total. The standard InChI is InChI=1S/C24H22N4OS/c1-2-22-13-20(17-30-22)24(29)26-25-14-21-16-28(15-18-9-5-3-6-10-18)27-23(21)19-11-7-4-8-12-19/h3-14,16-17H,2,15H2,1H3,(H,26,29)/b25-14+. The van der Waals surface area contributed by atoms with Crippen molar-refractivity contribution in [2.45, 2.75) is 19.9 Å². The highest BCUT2D eigenvalue weighted by Gasteiger charge is 2.11. The number of rotatable bonds is 7. The number of benzene rings is 2. The van der Waals surface area contributed by atoms with Gasteiger partial charge in [-0.3, -0.25) is 9.48 Å². The molecule has 2 aromatic heterocycles. The number of carbonyl (C=O) groups excluding carboxylic acids is 1. The minimum atomic E-state index is -0.208. The van der Waals surface area contributed by atoms with Crippen molar-refractivity contribution in [2.75, 3.05) is 0 Å². The highest BCUT2D eigenvalue weighted by Crippen LogP contribution is 2.21. The second-order valence-electron chi connectivity index (χ2n) is 6.84. The van der Waals surface area contributed by atoms with E-state index in [1.165, 1.54) is 10.4 Å². The summed E-state index contributed by atoms with van der Waals surface area (Å²) in [6.07, 6.45) is 4.52. The van der Waals surface area contributed by atoms with Crippen LogP contribution in [0.1, 0.15) is 33.3 Å². The summed E-state index contributed by atoms with van der Waals surface area (Å²) in [5, 5.41) is 10.8. The largest absolute Gasteiger partial charge is 0.272 e. The van der Waals surface area contributed by atoms with E-state index in [-0.39, 0.29) is 5.91 Å². The van der Waals surface area contributed by atoms with Crippen LogP contribution in [-0.2, 0) is 13.0 Å². The molecule has 0 aliphatic rings. The van der Waals surface area contributed by atoms with Crippen molar-refractivity contribution in [3.63, 3.8) is 0 Å². The van der Waals surface area contributed by atoms with Crippen LogP contribution >= 0.6 is 11.3 Å². The number of hydrogen-bond acceptors (Lipinski definition) is 4. The van der Waals surface area contributed by atoms with Crippen LogP contribution in [0.25, 0.3) is 11.3 Å². The Bertz CT molecular complexity index is 1150. The summed E-state index contributed by atoms with van der Waals surface area (Å²) in [6.45, 7) is 2.74. The molecule has 30 heavy (non-hydrogen) atoms. The van der Waals surface area contributed by atoms with Crippen LogP contribution < -0.4 is 5.43 Å². The molecule has 150 valence electrons. The fraction of sp³-hybridized carbons (Fsp3) is 0.125. The van der Waals surface area contributed by atoms with Crippen molar-refractivity contribution >= 4 is 23.5 Å². The third kappa shape index (κ3) is 4.72. The van der Waals surface area contributed by atoms with Gasteiger partial charge in [-0.15, -0.1) is 11.3 Å². The summed E-state index contributed by atoms with van der Waals surface area (Å²) < 4.78 is 1.90. The van der Waals surface area contributed by atoms with E-state index in [9.17, 15) is 4.79 Å². The number of amides is 1. The van der Waals surface area contributed by atoms with Gasteiger partial charge in [0.05, 0.1) is 18.3 Å². The van der Waals surface area contributed by atoms with E-state index in [0.717, 1.165) is 23.2 Å². The second kappa shape index (κ2) is 9.33. The van der Waals surface area contributed by atoms with E-state index in [1.807, 2.05) is 70.9 Å². The number of nitrogens with zero attached hydrogens (tertiary/aromatic N) is 3. The molecule has 0 saturated carbocycles. The van der Waals surface area contributed by atoms with Gasteiger partial charge >= 0.3 is 0 Å². The number of carbonyl (C=O) groups is 1. The van der Waals surface area contributed by atoms with Crippen molar-refractivity contribution in [2.24, 2.45) is 5.10 Å². The van der Waals surface area contributed by atoms with E-state index in [2.05, 4.69) is 29.6 Å². The van der Waals surface area contributed by atoms with Crippen molar-refractivity contribution < 1.29 is 4.79 Å². The Labute approximate surface area is 179 Å². The lowest BCUT2D eigenvalue weighted by Gasteiger charge is -2.01. The van der Waals surface area contributed by atoms with Crippen LogP contribution in [0.5, 0.6) is 0 Å². The van der Waals surface area contributed by atoms with Gasteiger partial charge in [0.2, 0.25) is 0 Å². The third-order valence-corrected chi connectivity index (χ3v) is 5.74. The zero-order chi connectivity index (χ0) is 20.8. The van der Waals surface area contributed by atoms with E-state index in [4.69, 9.17) is 5.10 Å². The lowest BCUT2D eigenvalue weighted by atomic mass is 10.1. The van der Waals surface area contributed by atoms with Crippen molar-refractivity contribution in [1.29, 1.82) is 0 Å². The Morgan fingerprint density at radius 1 is 1.13 bits per heavy atom. The number of hydrogen-bond donors (Lipinski definition) is 1. The van der Waals surface area contributed by atoms with Crippen molar-refractivity contribution in [3.05, 3.63) is 99.9 Å². The molecule has 0 aliphatic carbocycles. The summed E-state index contributed by atoms with van der Waals surface area (Å²) in [6, 6.07) is 22.1. The number of thiophene rings is 1. The number of nitrogens with one attached hydrogen (secondary N) is 1. The average Bonchev–Trinajstić information content (AvgIpc) is 3.42. The molecule has 0 bridgehead atoms. The summed E-state index contributed by atoms with van der Waals surface area (Å²) in [5.74, 6) is -0.208. The van der Waals surface area contributed by atoms with Crippen LogP contribution in [0.3, 0.4) is 0 Å². The smallest absolute Gasteiger partial charge is 0.267 e. The highest BCUT2D eigenvalue weighted by molar-refractivity contribution is 7.10. The Hall–Kier alpha value is -3.51. The van der Waals surface area contributed by atoms with Crippen LogP contribution in [-0.4, -0.2) is 21.9 Å². The molecule has 1 amide bonds. The molecule has 2 aromatic carbocycles. The lowest BCUT2D eigenvalue weighted by Crippen LogP contribution is -2.16. The maximum atomic E-state index is 12.3. The number of aromatic nitrogens is 2. The Morgan fingerprint density at radius 2 is 1.87 bits per heavy atom. The zero-order valence-corrected chi connectivity index (χ0v) is 17.5. The summed E-state index contributed by atoms with van der Waals surface area (Å²) in [5.41, 5.74) is 7.10. The molecule has 4 aromatic rings. The van der Waals surface area contributed by atoms with Gasteiger partial charge in [0, 0.05) is 27.6 Å². The molecule has 4 rings (SSSR count). The van der Waals surface area contributed by atoms with Gasteiger partial charge in [0.25, 0.3) is 5.91 Å². The van der Waals surface area contributed by atoms with Gasteiger partial charge in [-0.2, -0.15) is 10.2 Å². The van der Waals surface area contributed by atoms with Gasteiger partial charge in [0.15, 0.2) is 0 Å². The quantitative estimate of drug-likeness (QED) is 0.342. The van der Waals surface area contributed by atoms with Crippen molar-refractivity contribution in [1.82, 2.24) is 15.2 Å². The Kier molecular flexibility index (Phi) is 6.15. The first kappa shape index (κ1) is 19.8. The van der Waals surface area contributed by atoms with E-state index in [1.54, 1.807) is 17.6 Å². The first-order valence-corrected chi connectivity index (χ1v) is 10.7. The SMILES string of the molecule is CCc1cc(C(=O)N/N=C/c2cn(Cc3ccccc3)nc2-c2ccccc2)cs1. The first-order chi connectivity index (χ1) is 14.7. The molecular weight excluding hydrogens is 392 g/mol. The molecule has 6 heteroatoms. The molecule has 0 saturated heterocycles. The molecule has 0 aliphatic heterocycles. The Morgan fingerprint density at radius 3 is 2.57 bits per heavy atom. The lowest BCUT2D eigenvalue weighted by molar-refractivity contribution is 0.0955. The normalized spacial score (nSPS) is 11.1. The molecule has 0 unspecified atom stereocenters. The molecule has 0 radical (unpaired) electrons. The van der Waals surface area contributed by atoms with E-state index in [0.29, 0.717) is 12.1 Å².